The lowest BCUT2D eigenvalue weighted by Gasteiger charge is -2.17. The predicted molar refractivity (Wildman–Crippen MR) is 179 cm³/mol. The minimum atomic E-state index is -3.17. The minimum Gasteiger partial charge on any atom is -0.462 e. The highest BCUT2D eigenvalue weighted by Gasteiger charge is 2.18. The fourth-order valence-electron chi connectivity index (χ4n) is 5.06. The summed E-state index contributed by atoms with van der Waals surface area (Å²) in [6.45, 7) is 4.05. The Hall–Kier alpha value is -1.17. The van der Waals surface area contributed by atoms with Gasteiger partial charge in [-0.05, 0) is 38.5 Å². The summed E-state index contributed by atoms with van der Waals surface area (Å²) in [6.07, 6.45) is 33.0. The van der Waals surface area contributed by atoms with Gasteiger partial charge in [0.15, 0.2) is 6.10 Å². The highest BCUT2D eigenvalue weighted by atomic mass is 31.1. The van der Waals surface area contributed by atoms with E-state index in [1.807, 2.05) is 0 Å². The standard InChI is InChI=1S/C35H67O7P/c1-3-5-7-9-11-13-15-17-19-21-23-25-27-29-34(36)40-31-33(32-41-43(38)39)42-35(37)30-28-26-24-22-20-18-16-14-12-10-8-6-4-2/h14,16,33,43H,3-13,15,17-32H2,1-2H3,(H,38,39)/b16-14-/t33-/m1/s1. The van der Waals surface area contributed by atoms with Crippen molar-refractivity contribution in [1.29, 1.82) is 0 Å². The van der Waals surface area contributed by atoms with Gasteiger partial charge in [-0.15, -0.1) is 0 Å². The maximum Gasteiger partial charge on any atom is 0.316 e. The number of hydrogen-bond donors (Lipinski definition) is 1. The highest BCUT2D eigenvalue weighted by Crippen LogP contribution is 2.17. The maximum atomic E-state index is 12.3. The molecular formula is C35H67O7P. The number of carbonyl (C=O) groups is 2. The predicted octanol–water partition coefficient (Wildman–Crippen LogP) is 10.6. The van der Waals surface area contributed by atoms with Crippen LogP contribution < -0.4 is 0 Å². The summed E-state index contributed by atoms with van der Waals surface area (Å²) >= 11 is 0. The molecule has 7 nitrogen and oxygen atoms in total. The van der Waals surface area contributed by atoms with E-state index in [-0.39, 0.29) is 25.6 Å². The third-order valence-corrected chi connectivity index (χ3v) is 8.16. The van der Waals surface area contributed by atoms with Crippen LogP contribution in [-0.4, -0.2) is 36.1 Å². The van der Waals surface area contributed by atoms with Gasteiger partial charge in [0.25, 0.3) is 0 Å². The molecule has 0 radical (unpaired) electrons. The zero-order valence-corrected chi connectivity index (χ0v) is 28.9. The quantitative estimate of drug-likeness (QED) is 0.0333. The molecule has 0 fully saturated rings. The van der Waals surface area contributed by atoms with E-state index in [2.05, 4.69) is 26.0 Å². The second-order valence-electron chi connectivity index (χ2n) is 12.0. The van der Waals surface area contributed by atoms with E-state index in [9.17, 15) is 14.2 Å². The van der Waals surface area contributed by atoms with E-state index < -0.39 is 20.3 Å². The van der Waals surface area contributed by atoms with Gasteiger partial charge >= 0.3 is 20.2 Å². The smallest absolute Gasteiger partial charge is 0.316 e. The van der Waals surface area contributed by atoms with E-state index in [0.29, 0.717) is 6.42 Å². The molecule has 0 spiro atoms. The summed E-state index contributed by atoms with van der Waals surface area (Å²) in [5.74, 6) is -0.739. The molecule has 254 valence electrons. The molecular weight excluding hydrogens is 563 g/mol. The van der Waals surface area contributed by atoms with Crippen LogP contribution in [0.1, 0.15) is 181 Å². The van der Waals surface area contributed by atoms with Crippen LogP contribution in [0.15, 0.2) is 12.2 Å². The van der Waals surface area contributed by atoms with Crippen molar-refractivity contribution in [3.8, 4) is 0 Å². The van der Waals surface area contributed by atoms with E-state index >= 15 is 0 Å². The van der Waals surface area contributed by atoms with Crippen molar-refractivity contribution >= 4 is 20.2 Å². The summed E-state index contributed by atoms with van der Waals surface area (Å²) in [5.41, 5.74) is 0. The number of carbonyl (C=O) groups excluding carboxylic acids is 2. The van der Waals surface area contributed by atoms with Gasteiger partial charge in [0.1, 0.15) is 6.61 Å². The van der Waals surface area contributed by atoms with Gasteiger partial charge in [-0.25, -0.2) is 0 Å². The van der Waals surface area contributed by atoms with Crippen molar-refractivity contribution in [2.24, 2.45) is 0 Å². The molecule has 0 bridgehead atoms. The second-order valence-corrected chi connectivity index (χ2v) is 12.8. The van der Waals surface area contributed by atoms with Crippen LogP contribution in [0.4, 0.5) is 0 Å². The Kier molecular flexibility index (Phi) is 32.8. The Morgan fingerprint density at radius 2 is 0.977 bits per heavy atom. The SMILES string of the molecule is CCCCCC/C=C\CCCCCCCC(=O)O[C@H](COC(=O)CCCCCCCCCCCCCCC)CO[PH](=O)O. The third kappa shape index (κ3) is 33.6. The summed E-state index contributed by atoms with van der Waals surface area (Å²) in [7, 11) is -3.17. The molecule has 0 aromatic carbocycles. The van der Waals surface area contributed by atoms with Crippen molar-refractivity contribution in [2.45, 2.75) is 187 Å². The number of allylic oxidation sites excluding steroid dienone is 2. The largest absolute Gasteiger partial charge is 0.462 e. The van der Waals surface area contributed by atoms with Crippen LogP contribution in [-0.2, 0) is 28.2 Å². The lowest BCUT2D eigenvalue weighted by Crippen LogP contribution is -2.29. The second kappa shape index (κ2) is 33.7. The number of rotatable bonds is 33. The molecule has 0 aliphatic heterocycles. The summed E-state index contributed by atoms with van der Waals surface area (Å²) in [6, 6.07) is 0. The van der Waals surface area contributed by atoms with Gasteiger partial charge in [-0.1, -0.05) is 142 Å². The van der Waals surface area contributed by atoms with Gasteiger partial charge in [0, 0.05) is 12.8 Å². The molecule has 43 heavy (non-hydrogen) atoms. The van der Waals surface area contributed by atoms with E-state index in [1.165, 1.54) is 103 Å². The normalized spacial score (nSPS) is 12.9. The highest BCUT2D eigenvalue weighted by molar-refractivity contribution is 7.32. The number of unbranched alkanes of at least 4 members (excludes halogenated alkanes) is 21. The van der Waals surface area contributed by atoms with Crippen LogP contribution >= 0.6 is 8.25 Å². The Labute approximate surface area is 265 Å². The average Bonchev–Trinajstić information content (AvgIpc) is 2.99. The lowest BCUT2D eigenvalue weighted by molar-refractivity contribution is -0.161. The average molecular weight is 631 g/mol. The Morgan fingerprint density at radius 1 is 0.581 bits per heavy atom. The van der Waals surface area contributed by atoms with Gasteiger partial charge < -0.3 is 18.9 Å². The van der Waals surface area contributed by atoms with E-state index in [0.717, 1.165) is 51.4 Å². The Morgan fingerprint density at radius 3 is 1.44 bits per heavy atom. The first-order valence-electron chi connectivity index (χ1n) is 17.8. The van der Waals surface area contributed by atoms with Crippen molar-refractivity contribution in [1.82, 2.24) is 0 Å². The van der Waals surface area contributed by atoms with Gasteiger partial charge in [-0.3, -0.25) is 14.2 Å². The molecule has 0 aromatic rings. The number of esters is 2. The summed E-state index contributed by atoms with van der Waals surface area (Å²) in [4.78, 5) is 33.5. The molecule has 0 rings (SSSR count). The summed E-state index contributed by atoms with van der Waals surface area (Å²) < 4.78 is 26.5. The zero-order valence-electron chi connectivity index (χ0n) is 27.9. The maximum absolute atomic E-state index is 12.3. The van der Waals surface area contributed by atoms with Crippen molar-refractivity contribution in [3.05, 3.63) is 12.2 Å². The van der Waals surface area contributed by atoms with Crippen molar-refractivity contribution in [2.75, 3.05) is 13.2 Å². The van der Waals surface area contributed by atoms with Gasteiger partial charge in [0.05, 0.1) is 6.61 Å². The fraction of sp³-hybridized carbons (Fsp3) is 0.886. The third-order valence-electron chi connectivity index (χ3n) is 7.75. The molecule has 1 unspecified atom stereocenters. The molecule has 0 aromatic heterocycles. The number of ether oxygens (including phenoxy) is 2. The molecule has 0 saturated heterocycles. The first kappa shape index (κ1) is 41.8. The van der Waals surface area contributed by atoms with Crippen LogP contribution in [0, 0.1) is 0 Å². The van der Waals surface area contributed by atoms with Crippen LogP contribution in [0.2, 0.25) is 0 Å². The molecule has 0 aliphatic rings. The van der Waals surface area contributed by atoms with Gasteiger partial charge in [-0.2, -0.15) is 0 Å². The van der Waals surface area contributed by atoms with Crippen molar-refractivity contribution in [3.63, 3.8) is 0 Å². The topological polar surface area (TPSA) is 99.1 Å². The fourth-order valence-corrected chi connectivity index (χ4v) is 5.39. The van der Waals surface area contributed by atoms with E-state index in [1.54, 1.807) is 0 Å². The van der Waals surface area contributed by atoms with Gasteiger partial charge in [0.2, 0.25) is 0 Å². The molecule has 0 saturated carbocycles. The minimum absolute atomic E-state index is 0.162. The first-order valence-corrected chi connectivity index (χ1v) is 19.1. The molecule has 1 N–H and O–H groups in total. The van der Waals surface area contributed by atoms with Crippen LogP contribution in [0.25, 0.3) is 0 Å². The van der Waals surface area contributed by atoms with E-state index in [4.69, 9.17) is 18.9 Å². The molecule has 2 atom stereocenters. The first-order chi connectivity index (χ1) is 21.0. The van der Waals surface area contributed by atoms with Crippen LogP contribution in [0.3, 0.4) is 0 Å². The molecule has 0 aliphatic carbocycles. The van der Waals surface area contributed by atoms with Crippen molar-refractivity contribution < 1.29 is 33.0 Å². The molecule has 0 amide bonds. The molecule has 8 heteroatoms. The molecule has 0 heterocycles. The lowest BCUT2D eigenvalue weighted by atomic mass is 10.0. The zero-order chi connectivity index (χ0) is 31.6. The monoisotopic (exact) mass is 630 g/mol. The number of hydrogen-bond acceptors (Lipinski definition) is 6. The van der Waals surface area contributed by atoms with Crippen LogP contribution in [0.5, 0.6) is 0 Å². The summed E-state index contributed by atoms with van der Waals surface area (Å²) in [5, 5.41) is 0. The Bertz CT molecular complexity index is 683. The Balaban J connectivity index is 3.88.